The van der Waals surface area contributed by atoms with Crippen LogP contribution in [0.15, 0.2) is 176 Å². The number of hydrogen-bond donors (Lipinski definition) is 0. The number of thiophene rings is 1. The van der Waals surface area contributed by atoms with E-state index in [-0.39, 0.29) is 0 Å². The van der Waals surface area contributed by atoms with Gasteiger partial charge in [-0.3, -0.25) is 0 Å². The number of fused-ring (bicyclic) bond motifs is 5. The average Bonchev–Trinajstić information content (AvgIpc) is 3.59. The summed E-state index contributed by atoms with van der Waals surface area (Å²) >= 11 is 1.83. The van der Waals surface area contributed by atoms with Gasteiger partial charge in [0, 0.05) is 42.4 Å². The molecule has 0 spiro atoms. The van der Waals surface area contributed by atoms with Gasteiger partial charge in [-0.2, -0.15) is 0 Å². The fourth-order valence-electron chi connectivity index (χ4n) is 7.18. The van der Waals surface area contributed by atoms with Gasteiger partial charge < -0.3 is 0 Å². The van der Waals surface area contributed by atoms with Gasteiger partial charge in [0.15, 0.2) is 17.5 Å². The molecule has 8 aromatic carbocycles. The van der Waals surface area contributed by atoms with Crippen molar-refractivity contribution in [2.45, 2.75) is 0 Å². The first-order chi connectivity index (χ1) is 25.2. The lowest BCUT2D eigenvalue weighted by molar-refractivity contribution is 1.08. The third kappa shape index (κ3) is 5.25. The van der Waals surface area contributed by atoms with Crippen molar-refractivity contribution in [3.63, 3.8) is 0 Å². The number of aromatic nitrogens is 3. The van der Waals surface area contributed by atoms with E-state index >= 15 is 0 Å². The van der Waals surface area contributed by atoms with Gasteiger partial charge in [-0.1, -0.05) is 140 Å². The summed E-state index contributed by atoms with van der Waals surface area (Å²) in [5.74, 6) is 1.95. The Balaban J connectivity index is 1.23. The predicted molar refractivity (Wildman–Crippen MR) is 215 cm³/mol. The molecule has 3 nitrogen and oxygen atoms in total. The Labute approximate surface area is 299 Å². The normalized spacial score (nSPS) is 11.5. The van der Waals surface area contributed by atoms with E-state index in [0.29, 0.717) is 17.5 Å². The highest BCUT2D eigenvalue weighted by Gasteiger charge is 2.21. The van der Waals surface area contributed by atoms with E-state index in [9.17, 15) is 0 Å². The molecule has 2 heterocycles. The quantitative estimate of drug-likeness (QED) is 0.183. The number of benzene rings is 8. The summed E-state index contributed by atoms with van der Waals surface area (Å²) in [7, 11) is 0. The highest BCUT2D eigenvalue weighted by Crippen LogP contribution is 2.45. The Morgan fingerprint density at radius 2 is 0.882 bits per heavy atom. The first kappa shape index (κ1) is 29.4. The fraction of sp³-hybridized carbons (Fsp3) is 0. The van der Waals surface area contributed by atoms with E-state index in [2.05, 4.69) is 158 Å². The van der Waals surface area contributed by atoms with Crippen LogP contribution in [-0.2, 0) is 0 Å². The molecule has 0 unspecified atom stereocenters. The van der Waals surface area contributed by atoms with Gasteiger partial charge in [0.2, 0.25) is 0 Å². The fourth-order valence-corrected chi connectivity index (χ4v) is 8.30. The summed E-state index contributed by atoms with van der Waals surface area (Å²) in [6.07, 6.45) is 0. The minimum atomic E-state index is 0.650. The van der Waals surface area contributed by atoms with E-state index in [0.717, 1.165) is 33.2 Å². The van der Waals surface area contributed by atoms with Crippen molar-refractivity contribution in [3.8, 4) is 56.4 Å². The lowest BCUT2D eigenvalue weighted by Gasteiger charge is -2.15. The Hall–Kier alpha value is -6.49. The molecule has 0 fully saturated rings. The molecule has 4 heteroatoms. The molecule has 51 heavy (non-hydrogen) atoms. The van der Waals surface area contributed by atoms with Crippen molar-refractivity contribution >= 4 is 53.1 Å². The molecule has 0 bridgehead atoms. The zero-order valence-electron chi connectivity index (χ0n) is 27.5. The summed E-state index contributed by atoms with van der Waals surface area (Å²) < 4.78 is 2.50. The van der Waals surface area contributed by atoms with Crippen LogP contribution in [0.2, 0.25) is 0 Å². The van der Waals surface area contributed by atoms with Crippen molar-refractivity contribution < 1.29 is 0 Å². The second-order valence-electron chi connectivity index (χ2n) is 12.8. The molecule has 0 aliphatic carbocycles. The predicted octanol–water partition coefficient (Wildman–Crippen LogP) is 12.9. The van der Waals surface area contributed by atoms with Crippen LogP contribution in [0.3, 0.4) is 0 Å². The second-order valence-corrected chi connectivity index (χ2v) is 13.9. The van der Waals surface area contributed by atoms with Gasteiger partial charge in [0.05, 0.1) is 0 Å². The Bertz CT molecular complexity index is 2910. The van der Waals surface area contributed by atoms with Crippen molar-refractivity contribution in [2.75, 3.05) is 0 Å². The molecule has 0 aliphatic heterocycles. The molecule has 238 valence electrons. The first-order valence-corrected chi connectivity index (χ1v) is 17.9. The molecular formula is C47H29N3S. The molecule has 0 amide bonds. The average molecular weight is 668 g/mol. The van der Waals surface area contributed by atoms with Crippen LogP contribution < -0.4 is 0 Å². The van der Waals surface area contributed by atoms with Crippen LogP contribution in [0.1, 0.15) is 0 Å². The standard InChI is InChI=1S/C47H29N3S/c1-3-11-30(12-4-1)34-20-21-36-28-37(23-22-35(36)27-34)43-40(25-26-42-44(43)39-17-9-10-18-41(39)51-42)47-49-45(32-14-5-2-6-15-32)48-46(50-47)38-24-19-31-13-7-8-16-33(31)29-38/h1-29H. The molecule has 0 N–H and O–H groups in total. The van der Waals surface area contributed by atoms with E-state index in [1.807, 2.05) is 29.5 Å². The summed E-state index contributed by atoms with van der Waals surface area (Å²) in [5.41, 5.74) is 7.58. The summed E-state index contributed by atoms with van der Waals surface area (Å²) in [6.45, 7) is 0. The zero-order valence-corrected chi connectivity index (χ0v) is 28.3. The van der Waals surface area contributed by atoms with Gasteiger partial charge in [-0.15, -0.1) is 11.3 Å². The number of hydrogen-bond acceptors (Lipinski definition) is 4. The SMILES string of the molecule is c1ccc(-c2ccc3cc(-c4c(-c5nc(-c6ccccc6)nc(-c6ccc7ccccc7c6)n5)ccc5sc6ccccc6c45)ccc3c2)cc1. The largest absolute Gasteiger partial charge is 0.208 e. The highest BCUT2D eigenvalue weighted by atomic mass is 32.1. The topological polar surface area (TPSA) is 38.7 Å². The van der Waals surface area contributed by atoms with Gasteiger partial charge in [-0.25, -0.2) is 15.0 Å². The van der Waals surface area contributed by atoms with Crippen molar-refractivity contribution in [2.24, 2.45) is 0 Å². The Kier molecular flexibility index (Phi) is 7.00. The minimum absolute atomic E-state index is 0.650. The Morgan fingerprint density at radius 3 is 1.69 bits per heavy atom. The summed E-state index contributed by atoms with van der Waals surface area (Å²) in [5, 5.41) is 7.18. The monoisotopic (exact) mass is 667 g/mol. The Morgan fingerprint density at radius 1 is 0.333 bits per heavy atom. The molecule has 0 radical (unpaired) electrons. The van der Waals surface area contributed by atoms with Gasteiger partial charge in [-0.05, 0) is 74.6 Å². The molecule has 0 saturated carbocycles. The minimum Gasteiger partial charge on any atom is -0.208 e. The van der Waals surface area contributed by atoms with Gasteiger partial charge in [0.25, 0.3) is 0 Å². The molecular weight excluding hydrogens is 639 g/mol. The highest BCUT2D eigenvalue weighted by molar-refractivity contribution is 7.26. The molecule has 2 aromatic heterocycles. The van der Waals surface area contributed by atoms with Crippen molar-refractivity contribution in [1.82, 2.24) is 15.0 Å². The molecule has 0 atom stereocenters. The maximum atomic E-state index is 5.25. The van der Waals surface area contributed by atoms with E-state index in [1.54, 1.807) is 0 Å². The number of rotatable bonds is 5. The van der Waals surface area contributed by atoms with Crippen LogP contribution in [0.25, 0.3) is 98.1 Å². The first-order valence-electron chi connectivity index (χ1n) is 17.1. The van der Waals surface area contributed by atoms with Crippen LogP contribution in [-0.4, -0.2) is 15.0 Å². The third-order valence-corrected chi connectivity index (χ3v) is 10.8. The van der Waals surface area contributed by atoms with Crippen LogP contribution in [0.5, 0.6) is 0 Å². The maximum absolute atomic E-state index is 5.25. The van der Waals surface area contributed by atoms with Gasteiger partial charge >= 0.3 is 0 Å². The lowest BCUT2D eigenvalue weighted by atomic mass is 9.91. The van der Waals surface area contributed by atoms with Crippen LogP contribution >= 0.6 is 11.3 Å². The third-order valence-electron chi connectivity index (χ3n) is 9.70. The van der Waals surface area contributed by atoms with Crippen LogP contribution in [0, 0.1) is 0 Å². The van der Waals surface area contributed by atoms with E-state index in [4.69, 9.17) is 15.0 Å². The smallest absolute Gasteiger partial charge is 0.164 e. The van der Waals surface area contributed by atoms with Crippen molar-refractivity contribution in [1.29, 1.82) is 0 Å². The van der Waals surface area contributed by atoms with Crippen LogP contribution in [0.4, 0.5) is 0 Å². The second kappa shape index (κ2) is 12.1. The molecule has 0 saturated heterocycles. The lowest BCUT2D eigenvalue weighted by Crippen LogP contribution is -2.01. The zero-order chi connectivity index (χ0) is 33.7. The van der Waals surface area contributed by atoms with E-state index in [1.165, 1.54) is 47.5 Å². The van der Waals surface area contributed by atoms with Gasteiger partial charge in [0.1, 0.15) is 0 Å². The molecule has 0 aliphatic rings. The summed E-state index contributed by atoms with van der Waals surface area (Å²) in [4.78, 5) is 15.5. The number of nitrogens with zero attached hydrogens (tertiary/aromatic N) is 3. The molecule has 10 rings (SSSR count). The maximum Gasteiger partial charge on any atom is 0.164 e. The molecule has 10 aromatic rings. The summed E-state index contributed by atoms with van der Waals surface area (Å²) in [6, 6.07) is 62.3. The van der Waals surface area contributed by atoms with Crippen molar-refractivity contribution in [3.05, 3.63) is 176 Å². The van der Waals surface area contributed by atoms with E-state index < -0.39 is 0 Å².